The molecule has 1 aliphatic rings. The molecule has 0 amide bonds. The Morgan fingerprint density at radius 1 is 0.381 bits per heavy atom. The van der Waals surface area contributed by atoms with Crippen LogP contribution in [0.2, 0.25) is 0 Å². The van der Waals surface area contributed by atoms with E-state index in [1.54, 1.807) is 0 Å². The molecule has 0 fully saturated rings. The minimum atomic E-state index is -0.202. The zero-order chi connectivity index (χ0) is 41.6. The third-order valence-electron chi connectivity index (χ3n) is 14.3. The van der Waals surface area contributed by atoms with Gasteiger partial charge in [-0.25, -0.2) is 0 Å². The molecule has 0 bridgehead atoms. The molecule has 0 aliphatic heterocycles. The lowest BCUT2D eigenvalue weighted by molar-refractivity contribution is 0.661. The Labute approximate surface area is 368 Å². The normalized spacial score (nSPS) is 13.4. The second-order valence-corrected chi connectivity index (χ2v) is 19.0. The van der Waals surface area contributed by atoms with E-state index >= 15 is 0 Å². The summed E-state index contributed by atoms with van der Waals surface area (Å²) in [6, 6.07) is 72.3. The van der Waals surface area contributed by atoms with Gasteiger partial charge in [-0.2, -0.15) is 0 Å². The minimum Gasteiger partial charge on any atom is -0.455 e. The van der Waals surface area contributed by atoms with Gasteiger partial charge in [-0.3, -0.25) is 0 Å². The van der Waals surface area contributed by atoms with E-state index in [-0.39, 0.29) is 5.41 Å². The molecule has 2 aromatic heterocycles. The predicted octanol–water partition coefficient (Wildman–Crippen LogP) is 17.9. The fourth-order valence-electron chi connectivity index (χ4n) is 11.2. The second-order valence-electron chi connectivity index (χ2n) is 17.9. The zero-order valence-electron chi connectivity index (χ0n) is 34.8. The largest absolute Gasteiger partial charge is 0.455 e. The van der Waals surface area contributed by atoms with Gasteiger partial charge in [0.05, 0.1) is 0 Å². The monoisotopic (exact) mass is 818 g/mol. The SMILES string of the molecule is CC1(C)c2cc(-c3ccc4oc5c(ccc6ccc7c8ccccc8sc7c65)c4c3)ccc2-c2ccc(-c3c4ccccc4c(-c4cccc5ccccc45)c4ccccc34)cc21. The molecule has 294 valence electrons. The molecule has 0 radical (unpaired) electrons. The molecule has 14 rings (SSSR count). The third-order valence-corrected chi connectivity index (χ3v) is 15.5. The number of fused-ring (bicyclic) bond motifs is 15. The summed E-state index contributed by atoms with van der Waals surface area (Å²) in [5.74, 6) is 0. The average Bonchev–Trinajstić information content (AvgIpc) is 3.97. The Balaban J connectivity index is 0.896. The summed E-state index contributed by atoms with van der Waals surface area (Å²) >= 11 is 1.86. The highest BCUT2D eigenvalue weighted by Gasteiger charge is 2.36. The smallest absolute Gasteiger partial charge is 0.144 e. The van der Waals surface area contributed by atoms with Crippen molar-refractivity contribution < 1.29 is 4.42 Å². The third kappa shape index (κ3) is 4.87. The Bertz CT molecular complexity index is 4060. The molecule has 2 heterocycles. The number of rotatable bonds is 3. The van der Waals surface area contributed by atoms with Gasteiger partial charge in [-0.15, -0.1) is 11.3 Å². The lowest BCUT2D eigenvalue weighted by Crippen LogP contribution is -2.15. The molecule has 1 nitrogen and oxygen atoms in total. The maximum Gasteiger partial charge on any atom is 0.144 e. The van der Waals surface area contributed by atoms with Crippen molar-refractivity contribution >= 4 is 96.5 Å². The molecule has 1 aliphatic carbocycles. The number of hydrogen-bond donors (Lipinski definition) is 0. The van der Waals surface area contributed by atoms with E-state index in [9.17, 15) is 0 Å². The van der Waals surface area contributed by atoms with E-state index in [0.717, 1.165) is 21.9 Å². The van der Waals surface area contributed by atoms with Crippen molar-refractivity contribution in [1.29, 1.82) is 0 Å². The molecule has 0 saturated carbocycles. The first-order valence-corrected chi connectivity index (χ1v) is 22.7. The molecule has 11 aromatic carbocycles. The summed E-state index contributed by atoms with van der Waals surface area (Å²) in [6.45, 7) is 4.80. The van der Waals surface area contributed by atoms with Crippen LogP contribution in [-0.2, 0) is 5.41 Å². The molecule has 0 atom stereocenters. The van der Waals surface area contributed by atoms with E-state index in [4.69, 9.17) is 4.42 Å². The van der Waals surface area contributed by atoms with Crippen LogP contribution < -0.4 is 0 Å². The molecule has 63 heavy (non-hydrogen) atoms. The maximum absolute atomic E-state index is 6.76. The lowest BCUT2D eigenvalue weighted by Gasteiger charge is -2.23. The molecule has 0 N–H and O–H groups in total. The van der Waals surface area contributed by atoms with Crippen molar-refractivity contribution in [3.63, 3.8) is 0 Å². The summed E-state index contributed by atoms with van der Waals surface area (Å²) in [4.78, 5) is 0. The van der Waals surface area contributed by atoms with Crippen molar-refractivity contribution in [1.82, 2.24) is 0 Å². The van der Waals surface area contributed by atoms with E-state index < -0.39 is 0 Å². The van der Waals surface area contributed by atoms with E-state index in [1.165, 1.54) is 119 Å². The van der Waals surface area contributed by atoms with Crippen molar-refractivity contribution in [2.75, 3.05) is 0 Å². The summed E-state index contributed by atoms with van der Waals surface area (Å²) in [7, 11) is 0. The van der Waals surface area contributed by atoms with E-state index in [1.807, 2.05) is 11.3 Å². The van der Waals surface area contributed by atoms with Crippen LogP contribution in [0, 0.1) is 0 Å². The Morgan fingerprint density at radius 3 is 1.70 bits per heavy atom. The van der Waals surface area contributed by atoms with Crippen molar-refractivity contribution in [2.45, 2.75) is 19.3 Å². The molecule has 0 spiro atoms. The van der Waals surface area contributed by atoms with Gasteiger partial charge < -0.3 is 4.42 Å². The molecule has 13 aromatic rings. The van der Waals surface area contributed by atoms with Crippen molar-refractivity contribution in [2.24, 2.45) is 0 Å². The Kier molecular flexibility index (Phi) is 7.12. The van der Waals surface area contributed by atoms with Crippen LogP contribution in [0.1, 0.15) is 25.0 Å². The second kappa shape index (κ2) is 12.8. The molecule has 2 heteroatoms. The van der Waals surface area contributed by atoms with Crippen LogP contribution in [-0.4, -0.2) is 0 Å². The minimum absolute atomic E-state index is 0.202. The number of benzene rings is 11. The zero-order valence-corrected chi connectivity index (χ0v) is 35.6. The standard InChI is InChI=1S/C61H38OS/c1-61(2)52-33-38(37-26-31-54-51(32-37)49-29-22-36-23-30-50-43-15-9-10-21-55(43)63-60(50)57(36)59(49)62-54)24-27-41(52)42-28-25-39(34-53(42)61)56-45-16-5-7-18-47(45)58(48-19-8-6-17-46(48)56)44-20-11-13-35-12-3-4-14-40(35)44/h3-34H,1-2H3. The van der Waals surface area contributed by atoms with Gasteiger partial charge in [0.25, 0.3) is 0 Å². The van der Waals surface area contributed by atoms with Crippen LogP contribution in [0.4, 0.5) is 0 Å². The van der Waals surface area contributed by atoms with Gasteiger partial charge in [0.2, 0.25) is 0 Å². The lowest BCUT2D eigenvalue weighted by atomic mass is 9.80. The van der Waals surface area contributed by atoms with Crippen LogP contribution in [0.25, 0.3) is 130 Å². The van der Waals surface area contributed by atoms with Crippen LogP contribution in [0.5, 0.6) is 0 Å². The van der Waals surface area contributed by atoms with Gasteiger partial charge in [0, 0.05) is 41.7 Å². The summed E-state index contributed by atoms with van der Waals surface area (Å²) in [6.07, 6.45) is 0. The van der Waals surface area contributed by atoms with E-state index in [2.05, 4.69) is 208 Å². The molecular weight excluding hydrogens is 781 g/mol. The molecule has 0 saturated heterocycles. The van der Waals surface area contributed by atoms with Gasteiger partial charge >= 0.3 is 0 Å². The Hall–Kier alpha value is -7.52. The maximum atomic E-state index is 6.76. The number of hydrogen-bond acceptors (Lipinski definition) is 2. The fourth-order valence-corrected chi connectivity index (χ4v) is 12.5. The highest BCUT2D eigenvalue weighted by Crippen LogP contribution is 2.53. The fraction of sp³-hybridized carbons (Fsp3) is 0.0492. The van der Waals surface area contributed by atoms with Gasteiger partial charge in [0.15, 0.2) is 0 Å². The summed E-state index contributed by atoms with van der Waals surface area (Å²) in [5.41, 5.74) is 14.6. The summed E-state index contributed by atoms with van der Waals surface area (Å²) in [5, 5.41) is 15.0. The first-order valence-electron chi connectivity index (χ1n) is 21.9. The number of thiophene rings is 1. The number of furan rings is 1. The van der Waals surface area contributed by atoms with Crippen molar-refractivity contribution in [3.05, 3.63) is 205 Å². The van der Waals surface area contributed by atoms with Crippen molar-refractivity contribution in [3.8, 4) is 44.5 Å². The van der Waals surface area contributed by atoms with Gasteiger partial charge in [0.1, 0.15) is 11.2 Å². The predicted molar refractivity (Wildman–Crippen MR) is 271 cm³/mol. The van der Waals surface area contributed by atoms with Crippen LogP contribution in [0.3, 0.4) is 0 Å². The molecular formula is C61H38OS. The highest BCUT2D eigenvalue weighted by atomic mass is 32.1. The van der Waals surface area contributed by atoms with E-state index in [0.29, 0.717) is 0 Å². The first-order chi connectivity index (χ1) is 31.0. The average molecular weight is 819 g/mol. The van der Waals surface area contributed by atoms with Crippen LogP contribution >= 0.6 is 11.3 Å². The van der Waals surface area contributed by atoms with Crippen LogP contribution in [0.15, 0.2) is 199 Å². The molecule has 0 unspecified atom stereocenters. The van der Waals surface area contributed by atoms with Gasteiger partial charge in [-0.1, -0.05) is 172 Å². The topological polar surface area (TPSA) is 13.1 Å². The quantitative estimate of drug-likeness (QED) is 0.162. The summed E-state index contributed by atoms with van der Waals surface area (Å²) < 4.78 is 9.36. The van der Waals surface area contributed by atoms with Gasteiger partial charge in [-0.05, 0) is 130 Å². The highest BCUT2D eigenvalue weighted by molar-refractivity contribution is 7.26. The first kappa shape index (κ1) is 35.1. The Morgan fingerprint density at radius 2 is 0.952 bits per heavy atom.